The molecule has 1 aliphatic heterocycles. The van der Waals surface area contributed by atoms with Crippen molar-refractivity contribution in [3.63, 3.8) is 0 Å². The Kier molecular flexibility index (Phi) is 8.53. The Bertz CT molecular complexity index is 1450. The van der Waals surface area contributed by atoms with Crippen LogP contribution in [0.15, 0.2) is 88.3 Å². The minimum absolute atomic E-state index is 0.0561. The Labute approximate surface area is 233 Å². The zero-order chi connectivity index (χ0) is 29.0. The summed E-state index contributed by atoms with van der Waals surface area (Å²) >= 11 is 1.07. The molecule has 0 fully saturated rings. The van der Waals surface area contributed by atoms with Gasteiger partial charge >= 0.3 is 6.18 Å². The van der Waals surface area contributed by atoms with E-state index < -0.39 is 29.5 Å². The van der Waals surface area contributed by atoms with E-state index in [1.54, 1.807) is 55.6 Å². The second-order valence-corrected chi connectivity index (χ2v) is 10.4. The number of methoxy groups -OCH3 is 1. The van der Waals surface area contributed by atoms with Gasteiger partial charge in [0, 0.05) is 28.4 Å². The van der Waals surface area contributed by atoms with Crippen LogP contribution in [0, 0.1) is 5.92 Å². The highest BCUT2D eigenvalue weighted by Gasteiger charge is 2.39. The van der Waals surface area contributed by atoms with Crippen LogP contribution in [0.4, 0.5) is 24.5 Å². The number of ether oxygens (including phenoxy) is 1. The summed E-state index contributed by atoms with van der Waals surface area (Å²) in [5.74, 6) is -0.766. The van der Waals surface area contributed by atoms with Gasteiger partial charge < -0.3 is 15.4 Å². The van der Waals surface area contributed by atoms with Gasteiger partial charge in [0.05, 0.1) is 12.7 Å². The summed E-state index contributed by atoms with van der Waals surface area (Å²) < 4.78 is 43.7. The highest BCUT2D eigenvalue weighted by molar-refractivity contribution is 8.04. The minimum Gasteiger partial charge on any atom is -0.497 e. The highest BCUT2D eigenvalue weighted by Crippen LogP contribution is 2.37. The molecular weight excluding hydrogens is 543 g/mol. The number of nitrogens with zero attached hydrogens (tertiary/aromatic N) is 1. The Hall–Kier alpha value is -4.25. The van der Waals surface area contributed by atoms with Crippen molar-refractivity contribution in [1.29, 1.82) is 0 Å². The molecule has 3 aromatic rings. The van der Waals surface area contributed by atoms with Gasteiger partial charge in [0.25, 0.3) is 17.7 Å². The summed E-state index contributed by atoms with van der Waals surface area (Å²) in [7, 11) is 1.54. The monoisotopic (exact) mass is 569 g/mol. The van der Waals surface area contributed by atoms with Crippen LogP contribution in [-0.4, -0.2) is 36.3 Å². The number of halogens is 3. The third-order valence-corrected chi connectivity index (χ3v) is 6.89. The summed E-state index contributed by atoms with van der Waals surface area (Å²) in [5.41, 5.74) is 0.313. The fourth-order valence-electron chi connectivity index (χ4n) is 3.88. The van der Waals surface area contributed by atoms with Crippen LogP contribution in [0.1, 0.15) is 29.8 Å². The molecule has 0 spiro atoms. The molecule has 1 aliphatic rings. The van der Waals surface area contributed by atoms with Crippen LogP contribution in [0.5, 0.6) is 5.75 Å². The maximum Gasteiger partial charge on any atom is 0.416 e. The quantitative estimate of drug-likeness (QED) is 0.290. The second kappa shape index (κ2) is 11.9. The SMILES string of the molecule is COc1ccc(NC2=C(Sc3cccc(NC(=O)c4ccc(C(F)(F)F)cc4)c3)C(=O)N(CC(C)C)C2=O)cc1. The van der Waals surface area contributed by atoms with Crippen molar-refractivity contribution in [2.45, 2.75) is 24.9 Å². The lowest BCUT2D eigenvalue weighted by Gasteiger charge is -2.17. The molecule has 0 radical (unpaired) electrons. The van der Waals surface area contributed by atoms with Gasteiger partial charge in [-0.3, -0.25) is 19.3 Å². The molecule has 0 aliphatic carbocycles. The molecule has 4 rings (SSSR count). The number of carbonyl (C=O) groups is 3. The average molecular weight is 570 g/mol. The largest absolute Gasteiger partial charge is 0.497 e. The summed E-state index contributed by atoms with van der Waals surface area (Å²) in [6.45, 7) is 4.06. The molecule has 3 amide bonds. The fourth-order valence-corrected chi connectivity index (χ4v) is 4.88. The summed E-state index contributed by atoms with van der Waals surface area (Å²) in [5, 5.41) is 5.73. The third-order valence-electron chi connectivity index (χ3n) is 5.82. The fraction of sp³-hybridized carbons (Fsp3) is 0.207. The Morgan fingerprint density at radius 3 is 2.23 bits per heavy atom. The van der Waals surface area contributed by atoms with Crippen molar-refractivity contribution < 1.29 is 32.3 Å². The van der Waals surface area contributed by atoms with Gasteiger partial charge in [-0.25, -0.2) is 0 Å². The Balaban J connectivity index is 1.57. The van der Waals surface area contributed by atoms with Crippen LogP contribution in [0.25, 0.3) is 0 Å². The van der Waals surface area contributed by atoms with Crippen LogP contribution in [0.3, 0.4) is 0 Å². The van der Waals surface area contributed by atoms with Crippen molar-refractivity contribution in [3.05, 3.63) is 94.5 Å². The van der Waals surface area contributed by atoms with Crippen molar-refractivity contribution in [2.24, 2.45) is 5.92 Å². The van der Waals surface area contributed by atoms with E-state index in [4.69, 9.17) is 4.74 Å². The molecule has 0 saturated carbocycles. The molecule has 11 heteroatoms. The maximum absolute atomic E-state index is 13.3. The van der Waals surface area contributed by atoms with Gasteiger partial charge in [-0.05, 0) is 72.6 Å². The molecule has 7 nitrogen and oxygen atoms in total. The average Bonchev–Trinajstić information content (AvgIpc) is 3.12. The molecule has 0 unspecified atom stereocenters. The molecule has 0 atom stereocenters. The number of hydrogen-bond acceptors (Lipinski definition) is 6. The lowest BCUT2D eigenvalue weighted by molar-refractivity contribution is -0.138. The number of amides is 3. The molecule has 2 N–H and O–H groups in total. The first kappa shape index (κ1) is 28.8. The zero-order valence-electron chi connectivity index (χ0n) is 21.8. The molecule has 0 aromatic heterocycles. The molecule has 208 valence electrons. The van der Waals surface area contributed by atoms with Crippen molar-refractivity contribution in [1.82, 2.24) is 4.90 Å². The smallest absolute Gasteiger partial charge is 0.416 e. The van der Waals surface area contributed by atoms with E-state index in [-0.39, 0.29) is 28.6 Å². The number of benzene rings is 3. The number of alkyl halides is 3. The van der Waals surface area contributed by atoms with E-state index >= 15 is 0 Å². The molecule has 3 aromatic carbocycles. The van der Waals surface area contributed by atoms with Gasteiger partial charge in [-0.2, -0.15) is 13.2 Å². The van der Waals surface area contributed by atoms with E-state index in [9.17, 15) is 27.6 Å². The number of nitrogens with one attached hydrogen (secondary N) is 2. The van der Waals surface area contributed by atoms with Gasteiger partial charge in [0.1, 0.15) is 16.4 Å². The second-order valence-electron chi connectivity index (χ2n) is 9.33. The van der Waals surface area contributed by atoms with Crippen LogP contribution in [0.2, 0.25) is 0 Å². The first-order valence-electron chi connectivity index (χ1n) is 12.2. The lowest BCUT2D eigenvalue weighted by atomic mass is 10.1. The highest BCUT2D eigenvalue weighted by atomic mass is 32.2. The first-order valence-corrected chi connectivity index (χ1v) is 13.1. The predicted molar refractivity (Wildman–Crippen MR) is 147 cm³/mol. The lowest BCUT2D eigenvalue weighted by Crippen LogP contribution is -2.35. The van der Waals surface area contributed by atoms with Gasteiger partial charge in [0.15, 0.2) is 0 Å². The van der Waals surface area contributed by atoms with Gasteiger partial charge in [-0.15, -0.1) is 0 Å². The summed E-state index contributed by atoms with van der Waals surface area (Å²) in [6, 6.07) is 17.4. The van der Waals surface area contributed by atoms with Crippen molar-refractivity contribution in [3.8, 4) is 5.75 Å². The minimum atomic E-state index is -4.50. The third kappa shape index (κ3) is 6.66. The van der Waals surface area contributed by atoms with E-state index in [0.717, 1.165) is 36.0 Å². The Morgan fingerprint density at radius 1 is 0.950 bits per heavy atom. The van der Waals surface area contributed by atoms with Crippen LogP contribution < -0.4 is 15.4 Å². The van der Waals surface area contributed by atoms with E-state index in [1.807, 2.05) is 13.8 Å². The van der Waals surface area contributed by atoms with Crippen LogP contribution >= 0.6 is 11.8 Å². The molecule has 0 bridgehead atoms. The van der Waals surface area contributed by atoms with Crippen LogP contribution in [-0.2, 0) is 15.8 Å². The first-order chi connectivity index (χ1) is 19.0. The standard InChI is InChI=1S/C29H26F3N3O4S/c1-17(2)16-35-27(37)24(33-20-11-13-22(39-3)14-12-20)25(28(35)38)40-23-6-4-5-21(15-23)34-26(36)18-7-9-19(10-8-18)29(30,31)32/h4-15,17,33H,16H2,1-3H3,(H,34,36). The number of carbonyl (C=O) groups excluding carboxylic acids is 3. The number of hydrogen-bond donors (Lipinski definition) is 2. The van der Waals surface area contributed by atoms with Crippen molar-refractivity contribution in [2.75, 3.05) is 24.3 Å². The van der Waals surface area contributed by atoms with Gasteiger partial charge in [0.2, 0.25) is 0 Å². The number of anilines is 2. The van der Waals surface area contributed by atoms with Crippen molar-refractivity contribution >= 4 is 40.9 Å². The normalized spacial score (nSPS) is 13.7. The maximum atomic E-state index is 13.3. The topological polar surface area (TPSA) is 87.7 Å². The molecule has 1 heterocycles. The zero-order valence-corrected chi connectivity index (χ0v) is 22.7. The van der Waals surface area contributed by atoms with E-state index in [0.29, 0.717) is 22.0 Å². The summed E-state index contributed by atoms with van der Waals surface area (Å²) in [4.78, 5) is 41.2. The van der Waals surface area contributed by atoms with E-state index in [2.05, 4.69) is 10.6 Å². The van der Waals surface area contributed by atoms with Gasteiger partial charge in [-0.1, -0.05) is 31.7 Å². The number of imide groups is 1. The molecule has 0 saturated heterocycles. The Morgan fingerprint density at radius 2 is 1.62 bits per heavy atom. The molecule has 40 heavy (non-hydrogen) atoms. The number of rotatable bonds is 9. The number of thioether (sulfide) groups is 1. The van der Waals surface area contributed by atoms with E-state index in [1.165, 1.54) is 4.90 Å². The molecular formula is C29H26F3N3O4S. The summed E-state index contributed by atoms with van der Waals surface area (Å²) in [6.07, 6.45) is -4.50. The predicted octanol–water partition coefficient (Wildman–Crippen LogP) is 6.41.